The molecule has 1 aliphatic rings. The molecule has 1 aromatic rings. The van der Waals surface area contributed by atoms with E-state index in [4.69, 9.17) is 4.74 Å². The summed E-state index contributed by atoms with van der Waals surface area (Å²) in [6.07, 6.45) is 8.17. The smallest absolute Gasteiger partial charge is 0.227 e. The average molecular weight is 340 g/mol. The number of amides is 1. The molecule has 0 aromatic heterocycles. The second-order valence-corrected chi connectivity index (χ2v) is 6.23. The highest BCUT2D eigenvalue weighted by molar-refractivity contribution is 9.10. The summed E-state index contributed by atoms with van der Waals surface area (Å²) in [5.74, 6) is 1.04. The van der Waals surface area contributed by atoms with E-state index in [1.165, 1.54) is 19.3 Å². The SMILES string of the molecule is COc1ccc(Br)c(NC(=O)C2CCCCCCC2)c1. The van der Waals surface area contributed by atoms with Gasteiger partial charge in [-0.25, -0.2) is 0 Å². The molecule has 2 rings (SSSR count). The number of nitrogens with one attached hydrogen (secondary N) is 1. The quantitative estimate of drug-likeness (QED) is 0.862. The van der Waals surface area contributed by atoms with Gasteiger partial charge in [0, 0.05) is 16.5 Å². The summed E-state index contributed by atoms with van der Waals surface area (Å²) in [6.45, 7) is 0. The van der Waals surface area contributed by atoms with Crippen molar-refractivity contribution >= 4 is 27.5 Å². The number of benzene rings is 1. The van der Waals surface area contributed by atoms with E-state index in [0.29, 0.717) is 0 Å². The maximum Gasteiger partial charge on any atom is 0.227 e. The Hall–Kier alpha value is -1.03. The van der Waals surface area contributed by atoms with E-state index < -0.39 is 0 Å². The van der Waals surface area contributed by atoms with Crippen LogP contribution in [-0.2, 0) is 4.79 Å². The summed E-state index contributed by atoms with van der Waals surface area (Å²) in [4.78, 5) is 12.4. The number of hydrogen-bond donors (Lipinski definition) is 1. The molecule has 1 amide bonds. The highest BCUT2D eigenvalue weighted by atomic mass is 79.9. The second-order valence-electron chi connectivity index (χ2n) is 5.38. The van der Waals surface area contributed by atoms with Gasteiger partial charge in [-0.3, -0.25) is 4.79 Å². The van der Waals surface area contributed by atoms with Crippen molar-refractivity contribution in [3.05, 3.63) is 22.7 Å². The summed E-state index contributed by atoms with van der Waals surface area (Å²) in [5, 5.41) is 3.04. The van der Waals surface area contributed by atoms with E-state index in [1.54, 1.807) is 7.11 Å². The molecule has 0 aliphatic heterocycles. The molecule has 0 unspecified atom stereocenters. The molecule has 110 valence electrons. The third kappa shape index (κ3) is 4.23. The first-order valence-electron chi connectivity index (χ1n) is 7.35. The number of halogens is 1. The molecule has 0 bridgehead atoms. The molecule has 4 heteroatoms. The molecule has 0 radical (unpaired) electrons. The molecule has 0 saturated heterocycles. The Morgan fingerprint density at radius 3 is 2.50 bits per heavy atom. The molecule has 0 heterocycles. The van der Waals surface area contributed by atoms with Gasteiger partial charge in [0.05, 0.1) is 12.8 Å². The van der Waals surface area contributed by atoms with Gasteiger partial charge in [0.1, 0.15) is 5.75 Å². The first kappa shape index (κ1) is 15.4. The molecule has 1 aromatic carbocycles. The average Bonchev–Trinajstić information content (AvgIpc) is 2.40. The van der Waals surface area contributed by atoms with Crippen molar-refractivity contribution in [3.8, 4) is 5.75 Å². The largest absolute Gasteiger partial charge is 0.497 e. The van der Waals surface area contributed by atoms with Crippen LogP contribution >= 0.6 is 15.9 Å². The number of rotatable bonds is 3. The number of hydrogen-bond acceptors (Lipinski definition) is 2. The van der Waals surface area contributed by atoms with Gasteiger partial charge < -0.3 is 10.1 Å². The standard InChI is InChI=1S/C16H22BrNO2/c1-20-13-9-10-14(17)15(11-13)18-16(19)12-7-5-3-2-4-6-8-12/h9-12H,2-8H2,1H3,(H,18,19). The number of methoxy groups -OCH3 is 1. The lowest BCUT2D eigenvalue weighted by atomic mass is 9.90. The molecule has 1 saturated carbocycles. The zero-order valence-electron chi connectivity index (χ0n) is 12.0. The van der Waals surface area contributed by atoms with E-state index in [0.717, 1.165) is 41.6 Å². The Labute approximate surface area is 129 Å². The molecular weight excluding hydrogens is 318 g/mol. The van der Waals surface area contributed by atoms with Gasteiger partial charge in [-0.2, -0.15) is 0 Å². The summed E-state index contributed by atoms with van der Waals surface area (Å²) < 4.78 is 6.09. The first-order valence-corrected chi connectivity index (χ1v) is 8.14. The van der Waals surface area contributed by atoms with Gasteiger partial charge in [0.15, 0.2) is 0 Å². The predicted octanol–water partition coefficient (Wildman–Crippen LogP) is 4.76. The number of anilines is 1. The zero-order chi connectivity index (χ0) is 14.4. The number of carbonyl (C=O) groups excluding carboxylic acids is 1. The van der Waals surface area contributed by atoms with Crippen LogP contribution in [0.25, 0.3) is 0 Å². The fourth-order valence-corrected chi connectivity index (χ4v) is 3.03. The third-order valence-corrected chi connectivity index (χ3v) is 4.60. The van der Waals surface area contributed by atoms with Gasteiger partial charge in [0.25, 0.3) is 0 Å². The minimum absolute atomic E-state index is 0.140. The normalized spacial score (nSPS) is 17.1. The fourth-order valence-electron chi connectivity index (χ4n) is 2.68. The van der Waals surface area contributed by atoms with Gasteiger partial charge in [0.2, 0.25) is 5.91 Å². The molecular formula is C16H22BrNO2. The second kappa shape index (κ2) is 7.67. The van der Waals surface area contributed by atoms with Gasteiger partial charge in [-0.05, 0) is 40.9 Å². The third-order valence-electron chi connectivity index (χ3n) is 3.91. The first-order chi connectivity index (χ1) is 9.70. The van der Waals surface area contributed by atoms with E-state index in [1.807, 2.05) is 18.2 Å². The molecule has 0 spiro atoms. The molecule has 1 fully saturated rings. The van der Waals surface area contributed by atoms with E-state index >= 15 is 0 Å². The van der Waals surface area contributed by atoms with Crippen LogP contribution in [-0.4, -0.2) is 13.0 Å². The summed E-state index contributed by atoms with van der Waals surface area (Å²) >= 11 is 3.47. The van der Waals surface area contributed by atoms with Crippen molar-refractivity contribution < 1.29 is 9.53 Å². The summed E-state index contributed by atoms with van der Waals surface area (Å²) in [5.41, 5.74) is 0.788. The van der Waals surface area contributed by atoms with Crippen LogP contribution in [0, 0.1) is 5.92 Å². The van der Waals surface area contributed by atoms with E-state index in [2.05, 4.69) is 21.2 Å². The Kier molecular flexibility index (Phi) is 5.89. The highest BCUT2D eigenvalue weighted by Gasteiger charge is 2.20. The van der Waals surface area contributed by atoms with Crippen LogP contribution in [0.3, 0.4) is 0 Å². The highest BCUT2D eigenvalue weighted by Crippen LogP contribution is 2.29. The van der Waals surface area contributed by atoms with Crippen molar-refractivity contribution in [2.75, 3.05) is 12.4 Å². The predicted molar refractivity (Wildman–Crippen MR) is 85.1 cm³/mol. The summed E-state index contributed by atoms with van der Waals surface area (Å²) in [6, 6.07) is 5.62. The Morgan fingerprint density at radius 2 is 1.85 bits per heavy atom. The molecule has 1 aliphatic carbocycles. The van der Waals surface area contributed by atoms with Gasteiger partial charge in [-0.1, -0.05) is 32.1 Å². The van der Waals surface area contributed by atoms with E-state index in [-0.39, 0.29) is 11.8 Å². The maximum absolute atomic E-state index is 12.4. The van der Waals surface area contributed by atoms with Gasteiger partial charge in [-0.15, -0.1) is 0 Å². The lowest BCUT2D eigenvalue weighted by Gasteiger charge is -2.19. The van der Waals surface area contributed by atoms with Crippen molar-refractivity contribution in [1.82, 2.24) is 0 Å². The van der Waals surface area contributed by atoms with Crippen molar-refractivity contribution in [3.63, 3.8) is 0 Å². The molecule has 20 heavy (non-hydrogen) atoms. The van der Waals surface area contributed by atoms with Crippen LogP contribution in [0.2, 0.25) is 0 Å². The zero-order valence-corrected chi connectivity index (χ0v) is 13.5. The summed E-state index contributed by atoms with van der Waals surface area (Å²) in [7, 11) is 1.63. The monoisotopic (exact) mass is 339 g/mol. The number of ether oxygens (including phenoxy) is 1. The Bertz CT molecular complexity index is 454. The van der Waals surface area contributed by atoms with Crippen molar-refractivity contribution in [2.24, 2.45) is 5.92 Å². The molecule has 0 atom stereocenters. The minimum Gasteiger partial charge on any atom is -0.497 e. The Morgan fingerprint density at radius 1 is 1.20 bits per heavy atom. The van der Waals surface area contributed by atoms with E-state index in [9.17, 15) is 4.79 Å². The van der Waals surface area contributed by atoms with Crippen LogP contribution in [0.5, 0.6) is 5.75 Å². The van der Waals surface area contributed by atoms with Crippen LogP contribution < -0.4 is 10.1 Å². The van der Waals surface area contributed by atoms with Crippen molar-refractivity contribution in [2.45, 2.75) is 44.9 Å². The number of carbonyl (C=O) groups is 1. The topological polar surface area (TPSA) is 38.3 Å². The maximum atomic E-state index is 12.4. The van der Waals surface area contributed by atoms with Gasteiger partial charge >= 0.3 is 0 Å². The van der Waals surface area contributed by atoms with Crippen molar-refractivity contribution in [1.29, 1.82) is 0 Å². The molecule has 3 nitrogen and oxygen atoms in total. The van der Waals surface area contributed by atoms with Crippen LogP contribution in [0.4, 0.5) is 5.69 Å². The molecule has 1 N–H and O–H groups in total. The minimum atomic E-state index is 0.140. The lowest BCUT2D eigenvalue weighted by Crippen LogP contribution is -2.23. The lowest BCUT2D eigenvalue weighted by molar-refractivity contribution is -0.120. The van der Waals surface area contributed by atoms with Crippen LogP contribution in [0.1, 0.15) is 44.9 Å². The van der Waals surface area contributed by atoms with Crippen LogP contribution in [0.15, 0.2) is 22.7 Å². The Balaban J connectivity index is 2.02. The fraction of sp³-hybridized carbons (Fsp3) is 0.562.